The number of ketones is 1. The molecule has 0 saturated carbocycles. The van der Waals surface area contributed by atoms with Gasteiger partial charge in [-0.2, -0.15) is 0 Å². The second-order valence-corrected chi connectivity index (χ2v) is 5.94. The molecule has 24 heavy (non-hydrogen) atoms. The monoisotopic (exact) mass is 342 g/mol. The van der Waals surface area contributed by atoms with Crippen molar-refractivity contribution in [3.63, 3.8) is 0 Å². The largest absolute Gasteiger partial charge is 0.503 e. The van der Waals surface area contributed by atoms with Crippen molar-refractivity contribution in [3.05, 3.63) is 76.3 Å². The zero-order valence-corrected chi connectivity index (χ0v) is 13.7. The zero-order chi connectivity index (χ0) is 17.3. The van der Waals surface area contributed by atoms with Gasteiger partial charge in [0.05, 0.1) is 11.6 Å². The second kappa shape index (κ2) is 6.45. The number of aromatic nitrogens is 1. The van der Waals surface area contributed by atoms with Crippen LogP contribution in [0.4, 0.5) is 0 Å². The van der Waals surface area contributed by atoms with E-state index in [1.807, 2.05) is 6.07 Å². The van der Waals surface area contributed by atoms with Crippen LogP contribution in [0.2, 0.25) is 5.02 Å². The highest BCUT2D eigenvalue weighted by atomic mass is 35.5. The lowest BCUT2D eigenvalue weighted by molar-refractivity contribution is -0.130. The number of aliphatic hydroxyl groups excluding tert-OH is 1. The van der Waals surface area contributed by atoms with Gasteiger partial charge < -0.3 is 10.0 Å². The summed E-state index contributed by atoms with van der Waals surface area (Å²) in [5.74, 6) is -1.47. The summed E-state index contributed by atoms with van der Waals surface area (Å²) >= 11 is 6.27. The first-order valence-electron chi connectivity index (χ1n) is 7.39. The van der Waals surface area contributed by atoms with E-state index >= 15 is 0 Å². The van der Waals surface area contributed by atoms with E-state index in [0.717, 1.165) is 5.56 Å². The number of pyridine rings is 1. The van der Waals surface area contributed by atoms with E-state index < -0.39 is 17.7 Å². The van der Waals surface area contributed by atoms with Crippen LogP contribution in [0.3, 0.4) is 0 Å². The molecule has 0 bridgehead atoms. The molecule has 1 aromatic heterocycles. The van der Waals surface area contributed by atoms with Crippen LogP contribution in [-0.2, 0) is 16.1 Å². The van der Waals surface area contributed by atoms with Gasteiger partial charge in [0.2, 0.25) is 0 Å². The van der Waals surface area contributed by atoms with Crippen LogP contribution in [0.1, 0.15) is 24.1 Å². The van der Waals surface area contributed by atoms with E-state index in [0.29, 0.717) is 10.6 Å². The lowest BCUT2D eigenvalue weighted by Crippen LogP contribution is -2.30. The van der Waals surface area contributed by atoms with Crippen LogP contribution in [0.5, 0.6) is 0 Å². The number of amides is 1. The standard InChI is InChI=1S/C18H15ClN2O3/c1-11(22)15-16(13-6-2-3-7-14(13)19)21(18(24)17(15)23)10-12-5-4-8-20-9-12/h2-9,16,23H,10H2,1H3/t16-/m1/s1. The Morgan fingerprint density at radius 2 is 2.04 bits per heavy atom. The minimum atomic E-state index is -0.719. The number of carbonyl (C=O) groups is 2. The third-order valence-corrected chi connectivity index (χ3v) is 4.30. The molecule has 1 atom stereocenters. The third-order valence-electron chi connectivity index (χ3n) is 3.96. The highest BCUT2D eigenvalue weighted by molar-refractivity contribution is 6.31. The molecule has 0 unspecified atom stereocenters. The summed E-state index contributed by atoms with van der Waals surface area (Å²) in [6, 6.07) is 9.86. The van der Waals surface area contributed by atoms with Crippen molar-refractivity contribution < 1.29 is 14.7 Å². The molecule has 1 aliphatic rings. The summed E-state index contributed by atoms with van der Waals surface area (Å²) in [6.45, 7) is 1.54. The van der Waals surface area contributed by atoms with Gasteiger partial charge in [0.25, 0.3) is 5.91 Å². The maximum atomic E-state index is 12.5. The van der Waals surface area contributed by atoms with E-state index in [1.165, 1.54) is 11.8 Å². The van der Waals surface area contributed by atoms with Gasteiger partial charge in [0.15, 0.2) is 11.5 Å². The highest BCUT2D eigenvalue weighted by Crippen LogP contribution is 2.41. The van der Waals surface area contributed by atoms with E-state index in [9.17, 15) is 14.7 Å². The van der Waals surface area contributed by atoms with E-state index in [4.69, 9.17) is 11.6 Å². The molecule has 1 aliphatic heterocycles. The van der Waals surface area contributed by atoms with Crippen LogP contribution in [0.15, 0.2) is 60.1 Å². The topological polar surface area (TPSA) is 70.5 Å². The third kappa shape index (κ3) is 2.78. The molecule has 0 aliphatic carbocycles. The van der Waals surface area contributed by atoms with Crippen molar-refractivity contribution in [2.45, 2.75) is 19.5 Å². The summed E-state index contributed by atoms with van der Waals surface area (Å²) in [4.78, 5) is 30.0. The van der Waals surface area contributed by atoms with Gasteiger partial charge in [0, 0.05) is 24.0 Å². The molecule has 0 fully saturated rings. The van der Waals surface area contributed by atoms with Gasteiger partial charge in [-0.1, -0.05) is 35.9 Å². The van der Waals surface area contributed by atoms with Crippen molar-refractivity contribution in [1.29, 1.82) is 0 Å². The fourth-order valence-electron chi connectivity index (χ4n) is 2.88. The molecule has 1 amide bonds. The first kappa shape index (κ1) is 16.2. The SMILES string of the molecule is CC(=O)C1=C(O)C(=O)N(Cc2cccnc2)[C@@H]1c1ccccc1Cl. The number of rotatable bonds is 4. The molecule has 2 aromatic rings. The van der Waals surface area contributed by atoms with Gasteiger partial charge in [-0.3, -0.25) is 14.6 Å². The van der Waals surface area contributed by atoms with Crippen molar-refractivity contribution in [1.82, 2.24) is 9.88 Å². The fraction of sp³-hybridized carbons (Fsp3) is 0.167. The number of carbonyl (C=O) groups excluding carboxylic acids is 2. The predicted molar refractivity (Wildman–Crippen MR) is 89.3 cm³/mol. The van der Waals surface area contributed by atoms with Gasteiger partial charge >= 0.3 is 0 Å². The number of hydrogen-bond donors (Lipinski definition) is 1. The van der Waals surface area contributed by atoms with Crippen LogP contribution in [-0.4, -0.2) is 26.7 Å². The Bertz CT molecular complexity index is 833. The molecule has 1 aromatic carbocycles. The molecular weight excluding hydrogens is 328 g/mol. The van der Waals surface area contributed by atoms with Gasteiger partial charge in [-0.15, -0.1) is 0 Å². The van der Waals surface area contributed by atoms with Crippen molar-refractivity contribution in [2.24, 2.45) is 0 Å². The van der Waals surface area contributed by atoms with Crippen LogP contribution < -0.4 is 0 Å². The van der Waals surface area contributed by atoms with Crippen molar-refractivity contribution in [2.75, 3.05) is 0 Å². The first-order chi connectivity index (χ1) is 11.5. The summed E-state index contributed by atoms with van der Waals surface area (Å²) in [6.07, 6.45) is 3.28. The van der Waals surface area contributed by atoms with Crippen molar-refractivity contribution >= 4 is 23.3 Å². The minimum Gasteiger partial charge on any atom is -0.503 e. The minimum absolute atomic E-state index is 0.0667. The van der Waals surface area contributed by atoms with Crippen LogP contribution in [0, 0.1) is 0 Å². The maximum Gasteiger partial charge on any atom is 0.290 e. The summed E-state index contributed by atoms with van der Waals surface area (Å²) in [5, 5.41) is 10.6. The Balaban J connectivity index is 2.09. The Hall–Kier alpha value is -2.66. The Morgan fingerprint density at radius 1 is 1.29 bits per heavy atom. The number of Topliss-reactive ketones (excluding diaryl/α,β-unsaturated/α-hetero) is 1. The Kier molecular flexibility index (Phi) is 4.36. The molecule has 0 spiro atoms. The normalized spacial score (nSPS) is 17.5. The average Bonchev–Trinajstić information content (AvgIpc) is 2.81. The molecule has 1 N–H and O–H groups in total. The van der Waals surface area contributed by atoms with Gasteiger partial charge in [-0.25, -0.2) is 0 Å². The molecule has 3 rings (SSSR count). The zero-order valence-electron chi connectivity index (χ0n) is 12.9. The Morgan fingerprint density at radius 3 is 2.67 bits per heavy atom. The summed E-state index contributed by atoms with van der Waals surface area (Å²) in [5.41, 5.74) is 1.46. The number of nitrogens with zero attached hydrogens (tertiary/aromatic N) is 2. The van der Waals surface area contributed by atoms with Gasteiger partial charge in [0.1, 0.15) is 0 Å². The molecule has 2 heterocycles. The van der Waals surface area contributed by atoms with E-state index in [2.05, 4.69) is 4.98 Å². The number of halogens is 1. The number of benzene rings is 1. The van der Waals surface area contributed by atoms with Crippen LogP contribution in [0.25, 0.3) is 0 Å². The molecule has 0 saturated heterocycles. The average molecular weight is 343 g/mol. The molecule has 0 radical (unpaired) electrons. The van der Waals surface area contributed by atoms with E-state index in [-0.39, 0.29) is 17.9 Å². The molecule has 122 valence electrons. The predicted octanol–water partition coefficient (Wildman–Crippen LogP) is 3.22. The van der Waals surface area contributed by atoms with Gasteiger partial charge in [-0.05, 0) is 30.2 Å². The maximum absolute atomic E-state index is 12.5. The lowest BCUT2D eigenvalue weighted by atomic mass is 9.96. The van der Waals surface area contributed by atoms with Crippen LogP contribution >= 0.6 is 11.6 Å². The number of hydrogen-bond acceptors (Lipinski definition) is 4. The number of aliphatic hydroxyl groups is 1. The quantitative estimate of drug-likeness (QED) is 0.926. The molecular formula is C18H15ClN2O3. The molecule has 5 nitrogen and oxygen atoms in total. The van der Waals surface area contributed by atoms with E-state index in [1.54, 1.807) is 42.7 Å². The molecule has 6 heteroatoms. The summed E-state index contributed by atoms with van der Waals surface area (Å²) in [7, 11) is 0. The Labute approximate surface area is 144 Å². The first-order valence-corrected chi connectivity index (χ1v) is 7.77. The summed E-state index contributed by atoms with van der Waals surface area (Å²) < 4.78 is 0. The lowest BCUT2D eigenvalue weighted by Gasteiger charge is -2.27. The fourth-order valence-corrected chi connectivity index (χ4v) is 3.12. The highest BCUT2D eigenvalue weighted by Gasteiger charge is 2.42. The smallest absolute Gasteiger partial charge is 0.290 e. The second-order valence-electron chi connectivity index (χ2n) is 5.54. The van der Waals surface area contributed by atoms with Crippen molar-refractivity contribution in [3.8, 4) is 0 Å².